The Morgan fingerprint density at radius 2 is 1.52 bits per heavy atom. The van der Waals surface area contributed by atoms with Crippen LogP contribution in [0.5, 0.6) is 0 Å². The van der Waals surface area contributed by atoms with Gasteiger partial charge in [0.1, 0.15) is 13.3 Å². The Balaban J connectivity index is 1.94. The van der Waals surface area contributed by atoms with Crippen molar-refractivity contribution in [2.75, 3.05) is 13.3 Å². The van der Waals surface area contributed by atoms with Gasteiger partial charge in [0.25, 0.3) is 0 Å². The standard InChI is InChI=1S/C15H16F2N6/c1-11-6-18-15(13-8-20-23(10-13)5-3-17)21-14(11)12-7-19-22(9-12)4-2-16/h6-10H,2-5H2,1H3. The van der Waals surface area contributed by atoms with Gasteiger partial charge in [-0.2, -0.15) is 10.2 Å². The van der Waals surface area contributed by atoms with Crippen LogP contribution in [0.2, 0.25) is 0 Å². The minimum atomic E-state index is -0.477. The van der Waals surface area contributed by atoms with Gasteiger partial charge in [-0.15, -0.1) is 0 Å². The number of alkyl halides is 2. The molecule has 3 heterocycles. The fraction of sp³-hybridized carbons (Fsp3) is 0.333. The lowest BCUT2D eigenvalue weighted by molar-refractivity contribution is 0.427. The van der Waals surface area contributed by atoms with Crippen molar-refractivity contribution in [1.82, 2.24) is 29.5 Å². The van der Waals surface area contributed by atoms with Crippen molar-refractivity contribution in [3.8, 4) is 22.6 Å². The molecule has 3 aromatic rings. The summed E-state index contributed by atoms with van der Waals surface area (Å²) in [5.41, 5.74) is 3.15. The minimum absolute atomic E-state index is 0.203. The van der Waals surface area contributed by atoms with Gasteiger partial charge in [0.2, 0.25) is 0 Å². The number of aromatic nitrogens is 6. The second kappa shape index (κ2) is 6.64. The second-order valence-corrected chi connectivity index (χ2v) is 5.09. The van der Waals surface area contributed by atoms with Crippen LogP contribution in [-0.4, -0.2) is 42.9 Å². The van der Waals surface area contributed by atoms with Crippen LogP contribution in [0, 0.1) is 6.92 Å². The Kier molecular flexibility index (Phi) is 4.40. The van der Waals surface area contributed by atoms with Gasteiger partial charge in [0.15, 0.2) is 5.82 Å². The van der Waals surface area contributed by atoms with Crippen molar-refractivity contribution >= 4 is 0 Å². The van der Waals surface area contributed by atoms with Crippen LogP contribution >= 0.6 is 0 Å². The molecule has 0 saturated heterocycles. The first-order chi connectivity index (χ1) is 11.2. The molecule has 0 spiro atoms. The predicted octanol–water partition coefficient (Wildman–Crippen LogP) is 2.45. The lowest BCUT2D eigenvalue weighted by atomic mass is 10.1. The highest BCUT2D eigenvalue weighted by Crippen LogP contribution is 2.23. The molecule has 0 N–H and O–H groups in total. The zero-order chi connectivity index (χ0) is 16.2. The molecule has 120 valence electrons. The topological polar surface area (TPSA) is 61.4 Å². The summed E-state index contributed by atoms with van der Waals surface area (Å²) in [6.07, 6.45) is 8.44. The molecule has 8 heteroatoms. The molecule has 0 unspecified atom stereocenters. The van der Waals surface area contributed by atoms with Gasteiger partial charge in [0, 0.05) is 24.2 Å². The molecule has 0 fully saturated rings. The molecular weight excluding hydrogens is 302 g/mol. The normalized spacial score (nSPS) is 11.1. The number of halogens is 2. The van der Waals surface area contributed by atoms with Crippen molar-refractivity contribution in [2.24, 2.45) is 0 Å². The van der Waals surface area contributed by atoms with E-state index in [0.717, 1.165) is 22.4 Å². The number of aryl methyl sites for hydroxylation is 3. The fourth-order valence-corrected chi connectivity index (χ4v) is 2.26. The Morgan fingerprint density at radius 1 is 0.913 bits per heavy atom. The van der Waals surface area contributed by atoms with E-state index in [-0.39, 0.29) is 13.1 Å². The van der Waals surface area contributed by atoms with Gasteiger partial charge < -0.3 is 0 Å². The molecule has 0 bridgehead atoms. The molecular formula is C15H16F2N6. The molecule has 0 aliphatic carbocycles. The van der Waals surface area contributed by atoms with Crippen LogP contribution in [0.15, 0.2) is 31.0 Å². The Hall–Kier alpha value is -2.64. The molecule has 0 amide bonds. The van der Waals surface area contributed by atoms with Gasteiger partial charge >= 0.3 is 0 Å². The third-order valence-electron chi connectivity index (χ3n) is 3.40. The number of hydrogen-bond acceptors (Lipinski definition) is 4. The second-order valence-electron chi connectivity index (χ2n) is 5.09. The van der Waals surface area contributed by atoms with Gasteiger partial charge in [-0.25, -0.2) is 18.7 Å². The fourth-order valence-electron chi connectivity index (χ4n) is 2.26. The van der Waals surface area contributed by atoms with E-state index in [1.165, 1.54) is 9.36 Å². The van der Waals surface area contributed by atoms with Crippen LogP contribution in [-0.2, 0) is 13.1 Å². The van der Waals surface area contributed by atoms with E-state index in [9.17, 15) is 8.78 Å². The summed E-state index contributed by atoms with van der Waals surface area (Å²) in [5, 5.41) is 8.19. The molecule has 23 heavy (non-hydrogen) atoms. The number of hydrogen-bond donors (Lipinski definition) is 0. The Bertz CT molecular complexity index is 795. The molecule has 0 aliphatic rings. The molecule has 0 aliphatic heterocycles. The van der Waals surface area contributed by atoms with Crippen molar-refractivity contribution < 1.29 is 8.78 Å². The first-order valence-corrected chi connectivity index (χ1v) is 7.22. The van der Waals surface area contributed by atoms with E-state index in [0.29, 0.717) is 5.82 Å². The zero-order valence-corrected chi connectivity index (χ0v) is 12.7. The summed E-state index contributed by atoms with van der Waals surface area (Å²) < 4.78 is 27.8. The van der Waals surface area contributed by atoms with E-state index in [1.807, 2.05) is 6.92 Å². The predicted molar refractivity (Wildman–Crippen MR) is 81.2 cm³/mol. The number of nitrogens with zero attached hydrogens (tertiary/aromatic N) is 6. The van der Waals surface area contributed by atoms with Crippen molar-refractivity contribution in [2.45, 2.75) is 20.0 Å². The van der Waals surface area contributed by atoms with Gasteiger partial charge in [0.05, 0.1) is 36.7 Å². The monoisotopic (exact) mass is 318 g/mol. The summed E-state index contributed by atoms with van der Waals surface area (Å²) in [4.78, 5) is 8.86. The highest BCUT2D eigenvalue weighted by molar-refractivity contribution is 5.64. The summed E-state index contributed by atoms with van der Waals surface area (Å²) >= 11 is 0. The highest BCUT2D eigenvalue weighted by Gasteiger charge is 2.11. The maximum Gasteiger partial charge on any atom is 0.162 e. The largest absolute Gasteiger partial charge is 0.269 e. The van der Waals surface area contributed by atoms with E-state index in [1.54, 1.807) is 31.0 Å². The van der Waals surface area contributed by atoms with Crippen LogP contribution in [0.4, 0.5) is 8.78 Å². The smallest absolute Gasteiger partial charge is 0.162 e. The van der Waals surface area contributed by atoms with Crippen LogP contribution in [0.3, 0.4) is 0 Å². The third kappa shape index (κ3) is 3.25. The summed E-state index contributed by atoms with van der Waals surface area (Å²) in [7, 11) is 0. The molecule has 0 saturated carbocycles. The number of rotatable bonds is 6. The lowest BCUT2D eigenvalue weighted by Crippen LogP contribution is -1.99. The third-order valence-corrected chi connectivity index (χ3v) is 3.40. The molecule has 0 atom stereocenters. The SMILES string of the molecule is Cc1cnc(-c2cnn(CCF)c2)nc1-c1cnn(CCF)c1. The van der Waals surface area contributed by atoms with E-state index < -0.39 is 13.3 Å². The van der Waals surface area contributed by atoms with Crippen molar-refractivity contribution in [1.29, 1.82) is 0 Å². The molecule has 0 aromatic carbocycles. The highest BCUT2D eigenvalue weighted by atomic mass is 19.1. The first kappa shape index (κ1) is 15.3. The summed E-state index contributed by atoms with van der Waals surface area (Å²) in [5.74, 6) is 0.508. The van der Waals surface area contributed by atoms with Crippen LogP contribution in [0.25, 0.3) is 22.6 Å². The minimum Gasteiger partial charge on any atom is -0.269 e. The molecule has 3 rings (SSSR count). The summed E-state index contributed by atoms with van der Waals surface area (Å²) in [6.45, 7) is 1.37. The average Bonchev–Trinajstić information content (AvgIpc) is 3.18. The maximum atomic E-state index is 12.4. The van der Waals surface area contributed by atoms with Crippen LogP contribution in [0.1, 0.15) is 5.56 Å². The van der Waals surface area contributed by atoms with E-state index in [2.05, 4.69) is 20.2 Å². The summed E-state index contributed by atoms with van der Waals surface area (Å²) in [6, 6.07) is 0. The maximum absolute atomic E-state index is 12.4. The molecule has 3 aromatic heterocycles. The molecule has 0 radical (unpaired) electrons. The first-order valence-electron chi connectivity index (χ1n) is 7.22. The van der Waals surface area contributed by atoms with E-state index in [4.69, 9.17) is 0 Å². The zero-order valence-electron chi connectivity index (χ0n) is 12.7. The Labute approximate surface area is 131 Å². The van der Waals surface area contributed by atoms with Gasteiger partial charge in [-0.05, 0) is 12.5 Å². The molecule has 6 nitrogen and oxygen atoms in total. The van der Waals surface area contributed by atoms with Gasteiger partial charge in [-0.3, -0.25) is 9.36 Å². The van der Waals surface area contributed by atoms with Crippen LogP contribution < -0.4 is 0 Å². The quantitative estimate of drug-likeness (QED) is 0.700. The van der Waals surface area contributed by atoms with Gasteiger partial charge in [-0.1, -0.05) is 0 Å². The van der Waals surface area contributed by atoms with Crippen molar-refractivity contribution in [3.05, 3.63) is 36.5 Å². The Morgan fingerprint density at radius 3 is 2.17 bits per heavy atom. The van der Waals surface area contributed by atoms with Crippen molar-refractivity contribution in [3.63, 3.8) is 0 Å². The van der Waals surface area contributed by atoms with E-state index >= 15 is 0 Å². The lowest BCUT2D eigenvalue weighted by Gasteiger charge is -2.04. The average molecular weight is 318 g/mol.